The van der Waals surface area contributed by atoms with Gasteiger partial charge in [0, 0.05) is 37.3 Å². The molecular formula is C15H31N3. The van der Waals surface area contributed by atoms with Gasteiger partial charge in [-0.25, -0.2) is 0 Å². The second-order valence-corrected chi connectivity index (χ2v) is 7.02. The van der Waals surface area contributed by atoms with E-state index >= 15 is 0 Å². The van der Waals surface area contributed by atoms with Gasteiger partial charge in [0.25, 0.3) is 0 Å². The number of hydrogen-bond acceptors (Lipinski definition) is 3. The van der Waals surface area contributed by atoms with Crippen LogP contribution in [0.25, 0.3) is 0 Å². The third-order valence-corrected chi connectivity index (χ3v) is 5.37. The second kappa shape index (κ2) is 5.48. The van der Waals surface area contributed by atoms with Gasteiger partial charge in [-0.05, 0) is 46.1 Å². The number of nitrogens with two attached hydrogens (primary N) is 1. The van der Waals surface area contributed by atoms with E-state index in [1.165, 1.54) is 38.8 Å². The van der Waals surface area contributed by atoms with Crippen LogP contribution in [-0.2, 0) is 0 Å². The molecule has 0 aromatic heterocycles. The van der Waals surface area contributed by atoms with Crippen LogP contribution in [0.15, 0.2) is 0 Å². The SMILES string of the molecule is CCC1CCC(N)C(N2CCN(C)C(C)(C)C2)C1. The summed E-state index contributed by atoms with van der Waals surface area (Å²) in [5.74, 6) is 0.901. The van der Waals surface area contributed by atoms with Gasteiger partial charge >= 0.3 is 0 Å². The van der Waals surface area contributed by atoms with E-state index in [2.05, 4.69) is 37.6 Å². The summed E-state index contributed by atoms with van der Waals surface area (Å²) in [7, 11) is 2.24. The molecule has 1 aliphatic carbocycles. The molecule has 1 heterocycles. The van der Waals surface area contributed by atoms with Crippen molar-refractivity contribution in [3.63, 3.8) is 0 Å². The first-order valence-electron chi connectivity index (χ1n) is 7.65. The number of piperazine rings is 1. The molecule has 0 aromatic carbocycles. The zero-order valence-electron chi connectivity index (χ0n) is 12.7. The van der Waals surface area contributed by atoms with Crippen molar-refractivity contribution in [3.8, 4) is 0 Å². The van der Waals surface area contributed by atoms with E-state index in [9.17, 15) is 0 Å². The first-order valence-corrected chi connectivity index (χ1v) is 7.65. The van der Waals surface area contributed by atoms with Crippen LogP contribution in [0.5, 0.6) is 0 Å². The molecule has 1 aliphatic heterocycles. The molecule has 3 heteroatoms. The minimum absolute atomic E-state index is 0.289. The number of rotatable bonds is 2. The van der Waals surface area contributed by atoms with Crippen LogP contribution in [0.2, 0.25) is 0 Å². The molecule has 106 valence electrons. The predicted octanol–water partition coefficient (Wildman–Crippen LogP) is 1.92. The van der Waals surface area contributed by atoms with Gasteiger partial charge < -0.3 is 5.73 Å². The van der Waals surface area contributed by atoms with Crippen LogP contribution in [-0.4, -0.2) is 54.1 Å². The van der Waals surface area contributed by atoms with Gasteiger partial charge in [-0.3, -0.25) is 9.80 Å². The van der Waals surface area contributed by atoms with E-state index in [1.807, 2.05) is 0 Å². The number of hydrogen-bond donors (Lipinski definition) is 1. The predicted molar refractivity (Wildman–Crippen MR) is 77.7 cm³/mol. The maximum atomic E-state index is 6.39. The molecule has 2 N–H and O–H groups in total. The lowest BCUT2D eigenvalue weighted by Gasteiger charge is -2.50. The van der Waals surface area contributed by atoms with Crippen LogP contribution in [0.3, 0.4) is 0 Å². The average molecular weight is 253 g/mol. The summed E-state index contributed by atoms with van der Waals surface area (Å²) in [6.07, 6.45) is 5.19. The van der Waals surface area contributed by atoms with Gasteiger partial charge in [0.05, 0.1) is 0 Å². The fraction of sp³-hybridized carbons (Fsp3) is 1.00. The molecule has 0 bridgehead atoms. The van der Waals surface area contributed by atoms with Gasteiger partial charge in [-0.2, -0.15) is 0 Å². The minimum Gasteiger partial charge on any atom is -0.326 e. The standard InChI is InChI=1S/C15H31N3/c1-5-12-6-7-13(16)14(10-12)18-9-8-17(4)15(2,3)11-18/h12-14H,5-11,16H2,1-4H3. The summed E-state index contributed by atoms with van der Waals surface area (Å²) in [5, 5.41) is 0. The summed E-state index contributed by atoms with van der Waals surface area (Å²) in [4.78, 5) is 5.15. The van der Waals surface area contributed by atoms with Crippen molar-refractivity contribution in [3.05, 3.63) is 0 Å². The Hall–Kier alpha value is -0.120. The molecule has 18 heavy (non-hydrogen) atoms. The van der Waals surface area contributed by atoms with E-state index in [4.69, 9.17) is 5.73 Å². The smallest absolute Gasteiger partial charge is 0.0277 e. The Balaban J connectivity index is 2.01. The zero-order chi connectivity index (χ0) is 13.3. The molecule has 0 amide bonds. The van der Waals surface area contributed by atoms with Crippen molar-refractivity contribution in [2.24, 2.45) is 11.7 Å². The highest BCUT2D eigenvalue weighted by Crippen LogP contribution is 2.31. The van der Waals surface area contributed by atoms with E-state index in [1.54, 1.807) is 0 Å². The third kappa shape index (κ3) is 2.89. The van der Waals surface area contributed by atoms with Crippen molar-refractivity contribution in [2.75, 3.05) is 26.7 Å². The fourth-order valence-electron chi connectivity index (χ4n) is 3.61. The molecule has 0 spiro atoms. The number of likely N-dealkylation sites (N-methyl/N-ethyl adjacent to an activating group) is 1. The topological polar surface area (TPSA) is 32.5 Å². The van der Waals surface area contributed by atoms with Crippen LogP contribution in [0, 0.1) is 5.92 Å². The first kappa shape index (κ1) is 14.3. The molecule has 1 saturated carbocycles. The van der Waals surface area contributed by atoms with Crippen LogP contribution < -0.4 is 5.73 Å². The lowest BCUT2D eigenvalue weighted by atomic mass is 9.80. The first-order chi connectivity index (χ1) is 8.44. The number of nitrogens with zero attached hydrogens (tertiary/aromatic N) is 2. The van der Waals surface area contributed by atoms with Crippen molar-refractivity contribution in [2.45, 2.75) is 64.1 Å². The van der Waals surface area contributed by atoms with Crippen LogP contribution in [0.4, 0.5) is 0 Å². The Bertz CT molecular complexity index is 277. The summed E-state index contributed by atoms with van der Waals surface area (Å²) in [5.41, 5.74) is 6.68. The minimum atomic E-state index is 0.289. The van der Waals surface area contributed by atoms with E-state index in [0.717, 1.165) is 12.5 Å². The quantitative estimate of drug-likeness (QED) is 0.816. The van der Waals surface area contributed by atoms with E-state index in [0.29, 0.717) is 12.1 Å². The van der Waals surface area contributed by atoms with Crippen molar-refractivity contribution in [1.82, 2.24) is 9.80 Å². The third-order valence-electron chi connectivity index (χ3n) is 5.37. The molecule has 3 nitrogen and oxygen atoms in total. The molecule has 0 radical (unpaired) electrons. The van der Waals surface area contributed by atoms with Gasteiger partial charge in [0.2, 0.25) is 0 Å². The molecular weight excluding hydrogens is 222 g/mol. The molecule has 2 rings (SSSR count). The van der Waals surface area contributed by atoms with E-state index in [-0.39, 0.29) is 5.54 Å². The maximum absolute atomic E-state index is 6.39. The maximum Gasteiger partial charge on any atom is 0.0277 e. The Kier molecular flexibility index (Phi) is 4.35. The highest BCUT2D eigenvalue weighted by atomic mass is 15.3. The summed E-state index contributed by atoms with van der Waals surface area (Å²) in [6.45, 7) is 10.6. The monoisotopic (exact) mass is 253 g/mol. The van der Waals surface area contributed by atoms with Gasteiger partial charge in [0.15, 0.2) is 0 Å². The molecule has 0 aromatic rings. The van der Waals surface area contributed by atoms with Crippen molar-refractivity contribution < 1.29 is 0 Å². The normalized spacial score (nSPS) is 38.8. The Morgan fingerprint density at radius 2 is 1.94 bits per heavy atom. The Morgan fingerprint density at radius 1 is 1.22 bits per heavy atom. The highest BCUT2D eigenvalue weighted by Gasteiger charge is 2.38. The van der Waals surface area contributed by atoms with Crippen LogP contribution in [0.1, 0.15) is 46.5 Å². The Labute approximate surface area is 113 Å². The molecule has 2 aliphatic rings. The highest BCUT2D eigenvalue weighted by molar-refractivity contribution is 4.96. The Morgan fingerprint density at radius 3 is 2.56 bits per heavy atom. The van der Waals surface area contributed by atoms with Gasteiger partial charge in [0.1, 0.15) is 0 Å². The lowest BCUT2D eigenvalue weighted by Crippen LogP contribution is -2.63. The van der Waals surface area contributed by atoms with Crippen LogP contribution >= 0.6 is 0 Å². The molecule has 2 fully saturated rings. The van der Waals surface area contributed by atoms with Gasteiger partial charge in [-0.15, -0.1) is 0 Å². The molecule has 1 saturated heterocycles. The zero-order valence-corrected chi connectivity index (χ0v) is 12.7. The molecule has 3 unspecified atom stereocenters. The average Bonchev–Trinajstić information content (AvgIpc) is 2.33. The summed E-state index contributed by atoms with van der Waals surface area (Å²) < 4.78 is 0. The largest absolute Gasteiger partial charge is 0.326 e. The van der Waals surface area contributed by atoms with E-state index < -0.39 is 0 Å². The summed E-state index contributed by atoms with van der Waals surface area (Å²) >= 11 is 0. The lowest BCUT2D eigenvalue weighted by molar-refractivity contribution is -0.00413. The molecule has 3 atom stereocenters. The van der Waals surface area contributed by atoms with Crippen molar-refractivity contribution in [1.29, 1.82) is 0 Å². The van der Waals surface area contributed by atoms with Crippen molar-refractivity contribution >= 4 is 0 Å². The summed E-state index contributed by atoms with van der Waals surface area (Å²) in [6, 6.07) is 1.02. The van der Waals surface area contributed by atoms with Gasteiger partial charge in [-0.1, -0.05) is 13.3 Å². The fourth-order valence-corrected chi connectivity index (χ4v) is 3.61. The second-order valence-electron chi connectivity index (χ2n) is 7.02.